The summed E-state index contributed by atoms with van der Waals surface area (Å²) in [5.74, 6) is 1.45. The summed E-state index contributed by atoms with van der Waals surface area (Å²) < 4.78 is 29.9. The largest absolute Gasteiger partial charge is 0.362 e. The molecule has 1 heterocycles. The predicted molar refractivity (Wildman–Crippen MR) is 131 cm³/mol. The van der Waals surface area contributed by atoms with Crippen LogP contribution in [-0.2, 0) is 22.9 Å². The average Bonchev–Trinajstić information content (AvgIpc) is 3.65. The Kier molecular flexibility index (Phi) is 5.88. The van der Waals surface area contributed by atoms with Gasteiger partial charge in [0.1, 0.15) is 0 Å². The fourth-order valence-electron chi connectivity index (χ4n) is 4.52. The third-order valence-corrected chi connectivity index (χ3v) is 8.45. The van der Waals surface area contributed by atoms with E-state index in [1.54, 1.807) is 0 Å². The molecule has 2 aromatic rings. The lowest BCUT2D eigenvalue weighted by Crippen LogP contribution is -2.43. The third kappa shape index (κ3) is 4.77. The molecule has 0 saturated heterocycles. The Hall–Kier alpha value is -1.77. The van der Waals surface area contributed by atoms with Gasteiger partial charge in [-0.2, -0.15) is 0 Å². The molecule has 3 aliphatic rings. The summed E-state index contributed by atoms with van der Waals surface area (Å²) in [7, 11) is -3.65. The van der Waals surface area contributed by atoms with Crippen molar-refractivity contribution in [2.75, 3.05) is 13.1 Å². The van der Waals surface area contributed by atoms with E-state index >= 15 is 0 Å². The van der Waals surface area contributed by atoms with E-state index in [1.807, 2.05) is 26.1 Å². The highest BCUT2D eigenvalue weighted by Gasteiger charge is 2.33. The second-order valence-corrected chi connectivity index (χ2v) is 12.2. The van der Waals surface area contributed by atoms with Crippen LogP contribution in [-0.4, -0.2) is 37.6 Å². The number of nitrogens with one attached hydrogen (secondary N) is 3. The van der Waals surface area contributed by atoms with E-state index in [2.05, 4.69) is 26.4 Å². The second kappa shape index (κ2) is 8.54. The Morgan fingerprint density at radius 3 is 2.66 bits per heavy atom. The number of thiocarbonyl (C=S) groups is 1. The number of sulfonamides is 1. The molecule has 3 N–H and O–H groups in total. The lowest BCUT2D eigenvalue weighted by atomic mass is 10.0. The predicted octanol–water partition coefficient (Wildman–Crippen LogP) is 3.39. The zero-order valence-corrected chi connectivity index (χ0v) is 20.4. The summed E-state index contributed by atoms with van der Waals surface area (Å²) in [6.07, 6.45) is 8.08. The van der Waals surface area contributed by atoms with E-state index < -0.39 is 10.0 Å². The van der Waals surface area contributed by atoms with Crippen molar-refractivity contribution in [1.82, 2.24) is 20.3 Å². The second-order valence-electron chi connectivity index (χ2n) is 10.1. The van der Waals surface area contributed by atoms with Crippen molar-refractivity contribution in [2.45, 2.75) is 69.2 Å². The Morgan fingerprint density at radius 1 is 1.19 bits per heavy atom. The Bertz CT molecular complexity index is 1150. The zero-order valence-electron chi connectivity index (χ0n) is 18.8. The summed E-state index contributed by atoms with van der Waals surface area (Å²) in [6, 6.07) is 4.23. The van der Waals surface area contributed by atoms with Crippen LogP contribution in [0.3, 0.4) is 0 Å². The van der Waals surface area contributed by atoms with Crippen molar-refractivity contribution in [3.63, 3.8) is 0 Å². The standard InChI is InChI=1S/C24H32N4O2S2/c1-14(2)11-27-32(29,30)23-20-9-19(28-24(31)26-12-15-3-4-15)8-17(20)7-18-13-25-22(10-21(18)23)16-5-6-16/h7,10,13-16,19,27H,3-6,8-9,11-12H2,1-2H3,(H2,26,28,31). The molecular weight excluding hydrogens is 440 g/mol. The first-order valence-electron chi connectivity index (χ1n) is 11.8. The molecule has 1 unspecified atom stereocenters. The molecule has 6 nitrogen and oxygen atoms in total. The molecule has 0 radical (unpaired) electrons. The molecule has 172 valence electrons. The van der Waals surface area contributed by atoms with Crippen LogP contribution in [0.2, 0.25) is 0 Å². The van der Waals surface area contributed by atoms with Crippen molar-refractivity contribution in [1.29, 1.82) is 0 Å². The quantitative estimate of drug-likeness (QED) is 0.511. The van der Waals surface area contributed by atoms with Gasteiger partial charge in [-0.05, 0) is 85.8 Å². The zero-order chi connectivity index (χ0) is 22.5. The molecule has 0 amide bonds. The number of pyridine rings is 1. The molecule has 2 fully saturated rings. The van der Waals surface area contributed by atoms with Gasteiger partial charge >= 0.3 is 0 Å². The number of fused-ring (bicyclic) bond motifs is 2. The fourth-order valence-corrected chi connectivity index (χ4v) is 6.47. The van der Waals surface area contributed by atoms with E-state index in [1.165, 1.54) is 12.8 Å². The van der Waals surface area contributed by atoms with Gasteiger partial charge in [0, 0.05) is 47.7 Å². The van der Waals surface area contributed by atoms with Crippen LogP contribution in [0.15, 0.2) is 23.2 Å². The van der Waals surface area contributed by atoms with Gasteiger partial charge in [0.15, 0.2) is 5.11 Å². The molecule has 3 aliphatic carbocycles. The molecule has 2 saturated carbocycles. The van der Waals surface area contributed by atoms with Crippen molar-refractivity contribution in [3.05, 3.63) is 35.2 Å². The SMILES string of the molecule is CC(C)CNS(=O)(=O)c1c2c(cc3cnc(C4CC4)cc13)CC(NC(=S)NCC1CC1)C2. The smallest absolute Gasteiger partial charge is 0.241 e. The monoisotopic (exact) mass is 472 g/mol. The molecule has 0 spiro atoms. The number of benzene rings is 1. The fraction of sp³-hybridized carbons (Fsp3) is 0.583. The highest BCUT2D eigenvalue weighted by atomic mass is 32.2. The van der Waals surface area contributed by atoms with Crippen molar-refractivity contribution < 1.29 is 8.42 Å². The topological polar surface area (TPSA) is 83.1 Å². The number of aromatic nitrogens is 1. The van der Waals surface area contributed by atoms with Crippen LogP contribution >= 0.6 is 12.2 Å². The minimum absolute atomic E-state index is 0.0934. The van der Waals surface area contributed by atoms with Gasteiger partial charge in [-0.25, -0.2) is 13.1 Å². The lowest BCUT2D eigenvalue weighted by Gasteiger charge is -2.17. The van der Waals surface area contributed by atoms with E-state index in [0.29, 0.717) is 28.9 Å². The summed E-state index contributed by atoms with van der Waals surface area (Å²) in [5.41, 5.74) is 3.01. The molecule has 1 atom stereocenters. The number of hydrogen-bond acceptors (Lipinski definition) is 4. The van der Waals surface area contributed by atoms with Gasteiger partial charge in [-0.15, -0.1) is 0 Å². The van der Waals surface area contributed by atoms with Crippen LogP contribution in [0.4, 0.5) is 0 Å². The molecule has 5 rings (SSSR count). The first-order chi connectivity index (χ1) is 15.3. The van der Waals surface area contributed by atoms with Gasteiger partial charge < -0.3 is 10.6 Å². The maximum atomic E-state index is 13.5. The number of hydrogen-bond donors (Lipinski definition) is 3. The van der Waals surface area contributed by atoms with E-state index in [4.69, 9.17) is 12.2 Å². The number of rotatable bonds is 8. The maximum Gasteiger partial charge on any atom is 0.241 e. The maximum absolute atomic E-state index is 13.5. The molecule has 32 heavy (non-hydrogen) atoms. The summed E-state index contributed by atoms with van der Waals surface area (Å²) in [4.78, 5) is 5.09. The number of nitrogens with zero attached hydrogens (tertiary/aromatic N) is 1. The van der Waals surface area contributed by atoms with Crippen molar-refractivity contribution in [3.8, 4) is 0 Å². The minimum Gasteiger partial charge on any atom is -0.362 e. The molecule has 0 bridgehead atoms. The van der Waals surface area contributed by atoms with Gasteiger partial charge in [0.2, 0.25) is 10.0 Å². The van der Waals surface area contributed by atoms with Crippen molar-refractivity contribution in [2.24, 2.45) is 11.8 Å². The van der Waals surface area contributed by atoms with Gasteiger partial charge in [0.05, 0.1) is 4.90 Å². The lowest BCUT2D eigenvalue weighted by molar-refractivity contribution is 0.559. The summed E-state index contributed by atoms with van der Waals surface area (Å²) >= 11 is 5.50. The van der Waals surface area contributed by atoms with E-state index in [0.717, 1.165) is 59.3 Å². The third-order valence-electron chi connectivity index (χ3n) is 6.64. The van der Waals surface area contributed by atoms with Crippen LogP contribution in [0.5, 0.6) is 0 Å². The Labute approximate surface area is 196 Å². The van der Waals surface area contributed by atoms with E-state index in [-0.39, 0.29) is 12.0 Å². The first-order valence-corrected chi connectivity index (χ1v) is 13.7. The highest BCUT2D eigenvalue weighted by molar-refractivity contribution is 7.89. The van der Waals surface area contributed by atoms with Crippen LogP contribution in [0, 0.1) is 11.8 Å². The van der Waals surface area contributed by atoms with Crippen LogP contribution in [0.1, 0.15) is 62.3 Å². The minimum atomic E-state index is -3.65. The summed E-state index contributed by atoms with van der Waals surface area (Å²) in [6.45, 7) is 5.37. The van der Waals surface area contributed by atoms with Gasteiger partial charge in [-0.1, -0.05) is 13.8 Å². The van der Waals surface area contributed by atoms with Gasteiger partial charge in [-0.3, -0.25) is 4.98 Å². The molecular formula is C24H32N4O2S2. The molecule has 1 aromatic heterocycles. The molecule has 8 heteroatoms. The van der Waals surface area contributed by atoms with Crippen LogP contribution in [0.25, 0.3) is 10.8 Å². The molecule has 0 aliphatic heterocycles. The first kappa shape index (κ1) is 22.0. The Morgan fingerprint density at radius 2 is 1.97 bits per heavy atom. The van der Waals surface area contributed by atoms with Crippen LogP contribution < -0.4 is 15.4 Å². The Balaban J connectivity index is 1.48. The molecule has 1 aromatic carbocycles. The van der Waals surface area contributed by atoms with Crippen molar-refractivity contribution >= 4 is 38.1 Å². The van der Waals surface area contributed by atoms with Gasteiger partial charge in [0.25, 0.3) is 0 Å². The average molecular weight is 473 g/mol. The van der Waals surface area contributed by atoms with E-state index in [9.17, 15) is 8.42 Å². The highest BCUT2D eigenvalue weighted by Crippen LogP contribution is 2.42. The summed E-state index contributed by atoms with van der Waals surface area (Å²) in [5, 5.41) is 9.10. The normalized spacial score (nSPS) is 20.5.